The lowest BCUT2D eigenvalue weighted by Crippen LogP contribution is -2.37. The summed E-state index contributed by atoms with van der Waals surface area (Å²) in [6.07, 6.45) is 0. The van der Waals surface area contributed by atoms with Crippen molar-refractivity contribution >= 4 is 24.3 Å². The molecule has 0 aromatic heterocycles. The fraction of sp³-hybridized carbons (Fsp3) is 0.467. The first-order valence-electron chi connectivity index (χ1n) is 6.79. The summed E-state index contributed by atoms with van der Waals surface area (Å²) in [5, 5.41) is 2.75. The number of hydrogen-bond donors (Lipinski definition) is 2. The second-order valence-corrected chi connectivity index (χ2v) is 4.60. The lowest BCUT2D eigenvalue weighted by Gasteiger charge is -2.18. The molecule has 2 atom stereocenters. The fourth-order valence-electron chi connectivity index (χ4n) is 1.75. The van der Waals surface area contributed by atoms with Crippen LogP contribution in [0.3, 0.4) is 0 Å². The normalized spacial score (nSPS) is 12.7. The quantitative estimate of drug-likeness (QED) is 0.747. The Bertz CT molecular complexity index is 440. The zero-order chi connectivity index (χ0) is 15.0. The highest BCUT2D eigenvalue weighted by molar-refractivity contribution is 5.85. The van der Waals surface area contributed by atoms with Gasteiger partial charge in [0.25, 0.3) is 0 Å². The molecule has 0 aliphatic heterocycles. The summed E-state index contributed by atoms with van der Waals surface area (Å²) >= 11 is 0. The van der Waals surface area contributed by atoms with Crippen LogP contribution in [0.5, 0.6) is 0 Å². The zero-order valence-electron chi connectivity index (χ0n) is 12.4. The molecular weight excluding hydrogens is 292 g/mol. The Morgan fingerprint density at radius 3 is 2.43 bits per heavy atom. The van der Waals surface area contributed by atoms with Crippen molar-refractivity contribution in [2.75, 3.05) is 19.7 Å². The van der Waals surface area contributed by atoms with Crippen molar-refractivity contribution in [2.24, 2.45) is 11.7 Å². The van der Waals surface area contributed by atoms with Crippen LogP contribution in [0.25, 0.3) is 0 Å². The van der Waals surface area contributed by atoms with Gasteiger partial charge in [0.1, 0.15) is 0 Å². The molecule has 0 aliphatic carbocycles. The summed E-state index contributed by atoms with van der Waals surface area (Å²) in [5.74, 6) is -1.25. The summed E-state index contributed by atoms with van der Waals surface area (Å²) < 4.78 is 5.06. The molecule has 3 N–H and O–H groups in total. The van der Waals surface area contributed by atoms with Gasteiger partial charge in [0.15, 0.2) is 0 Å². The number of esters is 1. The molecule has 2 unspecified atom stereocenters. The standard InChI is InChI=1S/C15H22N2O3.ClH/c1-3-20-15(19)13(12-7-5-4-6-8-12)10-17-14(18)11(2)9-16;/h4-8,11,13H,3,9-10,16H2,1-2H3,(H,17,18);1H. The number of carbonyl (C=O) groups excluding carboxylic acids is 2. The lowest BCUT2D eigenvalue weighted by atomic mass is 9.99. The number of rotatable bonds is 7. The van der Waals surface area contributed by atoms with Gasteiger partial charge < -0.3 is 15.8 Å². The maximum atomic E-state index is 12.0. The maximum absolute atomic E-state index is 12.0. The van der Waals surface area contributed by atoms with Gasteiger partial charge in [0.2, 0.25) is 5.91 Å². The monoisotopic (exact) mass is 314 g/mol. The third-order valence-electron chi connectivity index (χ3n) is 3.05. The smallest absolute Gasteiger partial charge is 0.315 e. The first-order chi connectivity index (χ1) is 9.60. The predicted octanol–water partition coefficient (Wildman–Crippen LogP) is 1.47. The van der Waals surface area contributed by atoms with Gasteiger partial charge in [0.05, 0.1) is 12.5 Å². The Morgan fingerprint density at radius 1 is 1.29 bits per heavy atom. The number of hydrogen-bond acceptors (Lipinski definition) is 4. The van der Waals surface area contributed by atoms with E-state index in [0.29, 0.717) is 6.61 Å². The average Bonchev–Trinajstić information content (AvgIpc) is 2.47. The van der Waals surface area contributed by atoms with Gasteiger partial charge in [-0.3, -0.25) is 9.59 Å². The molecule has 0 heterocycles. The van der Waals surface area contributed by atoms with E-state index in [1.807, 2.05) is 30.3 Å². The summed E-state index contributed by atoms with van der Waals surface area (Å²) in [6, 6.07) is 9.28. The minimum atomic E-state index is -0.495. The first-order valence-corrected chi connectivity index (χ1v) is 6.79. The average molecular weight is 315 g/mol. The second-order valence-electron chi connectivity index (χ2n) is 4.60. The molecule has 1 amide bonds. The van der Waals surface area contributed by atoms with Crippen LogP contribution in [-0.4, -0.2) is 31.6 Å². The van der Waals surface area contributed by atoms with Gasteiger partial charge in [-0.25, -0.2) is 0 Å². The van der Waals surface area contributed by atoms with Gasteiger partial charge in [-0.2, -0.15) is 0 Å². The molecule has 1 aromatic carbocycles. The summed E-state index contributed by atoms with van der Waals surface area (Å²) in [5.41, 5.74) is 6.27. The third-order valence-corrected chi connectivity index (χ3v) is 3.05. The van der Waals surface area contributed by atoms with Gasteiger partial charge >= 0.3 is 5.97 Å². The van der Waals surface area contributed by atoms with E-state index in [0.717, 1.165) is 5.56 Å². The Hall–Kier alpha value is -1.59. The summed E-state index contributed by atoms with van der Waals surface area (Å²) in [7, 11) is 0. The third kappa shape index (κ3) is 6.14. The molecule has 1 rings (SSSR count). The van der Waals surface area contributed by atoms with Crippen molar-refractivity contribution in [3.05, 3.63) is 35.9 Å². The molecule has 0 fully saturated rings. The largest absolute Gasteiger partial charge is 0.465 e. The molecule has 118 valence electrons. The molecule has 0 spiro atoms. The molecular formula is C15H23ClN2O3. The van der Waals surface area contributed by atoms with Crippen molar-refractivity contribution < 1.29 is 14.3 Å². The fourth-order valence-corrected chi connectivity index (χ4v) is 1.75. The number of amides is 1. The molecule has 0 saturated heterocycles. The summed E-state index contributed by atoms with van der Waals surface area (Å²) in [6.45, 7) is 4.31. The van der Waals surface area contributed by atoms with Gasteiger partial charge in [-0.15, -0.1) is 12.4 Å². The van der Waals surface area contributed by atoms with Crippen molar-refractivity contribution in [3.63, 3.8) is 0 Å². The van der Waals surface area contributed by atoms with Crippen molar-refractivity contribution in [2.45, 2.75) is 19.8 Å². The maximum Gasteiger partial charge on any atom is 0.315 e. The van der Waals surface area contributed by atoms with E-state index in [-0.39, 0.29) is 43.3 Å². The zero-order valence-corrected chi connectivity index (χ0v) is 13.2. The van der Waals surface area contributed by atoms with Crippen LogP contribution in [0.15, 0.2) is 30.3 Å². The van der Waals surface area contributed by atoms with E-state index in [2.05, 4.69) is 5.32 Å². The molecule has 5 nitrogen and oxygen atoms in total. The number of carbonyl (C=O) groups is 2. The highest BCUT2D eigenvalue weighted by atomic mass is 35.5. The van der Waals surface area contributed by atoms with E-state index in [1.165, 1.54) is 0 Å². The number of nitrogens with two attached hydrogens (primary N) is 1. The van der Waals surface area contributed by atoms with Crippen LogP contribution in [-0.2, 0) is 14.3 Å². The Labute approximate surface area is 131 Å². The van der Waals surface area contributed by atoms with E-state index in [1.54, 1.807) is 13.8 Å². The SMILES string of the molecule is CCOC(=O)C(CNC(=O)C(C)CN)c1ccccc1.Cl. The molecule has 0 radical (unpaired) electrons. The van der Waals surface area contributed by atoms with Gasteiger partial charge in [-0.05, 0) is 12.5 Å². The van der Waals surface area contributed by atoms with Crippen molar-refractivity contribution in [1.29, 1.82) is 0 Å². The van der Waals surface area contributed by atoms with E-state index in [9.17, 15) is 9.59 Å². The predicted molar refractivity (Wildman–Crippen MR) is 84.3 cm³/mol. The topological polar surface area (TPSA) is 81.4 Å². The number of ether oxygens (including phenoxy) is 1. The van der Waals surface area contributed by atoms with Crippen LogP contribution in [0.2, 0.25) is 0 Å². The highest BCUT2D eigenvalue weighted by Gasteiger charge is 2.23. The Kier molecular flexibility index (Phi) is 9.41. The van der Waals surface area contributed by atoms with Crippen molar-refractivity contribution in [3.8, 4) is 0 Å². The molecule has 6 heteroatoms. The summed E-state index contributed by atoms with van der Waals surface area (Å²) in [4.78, 5) is 23.7. The second kappa shape index (κ2) is 10.2. The lowest BCUT2D eigenvalue weighted by molar-refractivity contribution is -0.144. The number of benzene rings is 1. The first kappa shape index (κ1) is 19.4. The minimum absolute atomic E-state index is 0. The van der Waals surface area contributed by atoms with Crippen LogP contribution < -0.4 is 11.1 Å². The van der Waals surface area contributed by atoms with E-state index < -0.39 is 5.92 Å². The van der Waals surface area contributed by atoms with Crippen LogP contribution in [0.4, 0.5) is 0 Å². The van der Waals surface area contributed by atoms with Crippen LogP contribution in [0, 0.1) is 5.92 Å². The van der Waals surface area contributed by atoms with Gasteiger partial charge in [0, 0.05) is 19.0 Å². The van der Waals surface area contributed by atoms with Crippen molar-refractivity contribution in [1.82, 2.24) is 5.32 Å². The minimum Gasteiger partial charge on any atom is -0.465 e. The molecule has 0 aliphatic rings. The van der Waals surface area contributed by atoms with E-state index in [4.69, 9.17) is 10.5 Å². The number of nitrogens with one attached hydrogen (secondary N) is 1. The molecule has 0 bridgehead atoms. The molecule has 1 aromatic rings. The van der Waals surface area contributed by atoms with E-state index >= 15 is 0 Å². The number of halogens is 1. The van der Waals surface area contributed by atoms with Crippen LogP contribution in [0.1, 0.15) is 25.3 Å². The van der Waals surface area contributed by atoms with Crippen LogP contribution >= 0.6 is 12.4 Å². The Morgan fingerprint density at radius 2 is 1.90 bits per heavy atom. The molecule has 0 saturated carbocycles. The molecule has 21 heavy (non-hydrogen) atoms. The Balaban J connectivity index is 0.00000400. The highest BCUT2D eigenvalue weighted by Crippen LogP contribution is 2.16. The van der Waals surface area contributed by atoms with Gasteiger partial charge in [-0.1, -0.05) is 37.3 Å².